The topological polar surface area (TPSA) is 17.1 Å². The van der Waals surface area contributed by atoms with E-state index in [4.69, 9.17) is 0 Å². The van der Waals surface area contributed by atoms with Crippen molar-refractivity contribution in [3.05, 3.63) is 12.2 Å². The van der Waals surface area contributed by atoms with Gasteiger partial charge in [-0.3, -0.25) is 4.79 Å². The minimum absolute atomic E-state index is 0.402. The predicted molar refractivity (Wildman–Crippen MR) is 62.7 cm³/mol. The average Bonchev–Trinajstić information content (AvgIpc) is 2.99. The molecule has 0 N–H and O–H groups in total. The van der Waals surface area contributed by atoms with Crippen LogP contribution in [0, 0.1) is 11.8 Å². The molecule has 0 unspecified atom stereocenters. The number of allylic oxidation sites excluding steroid dienone is 2. The van der Waals surface area contributed by atoms with Crippen molar-refractivity contribution in [3.63, 3.8) is 0 Å². The normalized spacial score (nSPS) is 35.6. The lowest BCUT2D eigenvalue weighted by atomic mass is 10.1. The van der Waals surface area contributed by atoms with Crippen molar-refractivity contribution in [2.75, 3.05) is 0 Å². The summed E-state index contributed by atoms with van der Waals surface area (Å²) in [5.41, 5.74) is 0. The van der Waals surface area contributed by atoms with Crippen LogP contribution in [-0.4, -0.2) is 5.78 Å². The molecule has 0 spiro atoms. The maximum atomic E-state index is 11.7. The minimum Gasteiger partial charge on any atom is -0.295 e. The van der Waals surface area contributed by atoms with Crippen LogP contribution in [0.1, 0.15) is 57.8 Å². The molecule has 1 saturated carbocycles. The van der Waals surface area contributed by atoms with Crippen LogP contribution in [0.5, 0.6) is 0 Å². The van der Waals surface area contributed by atoms with Crippen LogP contribution in [0.25, 0.3) is 0 Å². The molecule has 0 aromatic heterocycles. The summed E-state index contributed by atoms with van der Waals surface area (Å²) in [6.45, 7) is 0. The number of fused-ring (bicyclic) bond motifs is 1. The van der Waals surface area contributed by atoms with Crippen LogP contribution in [0.4, 0.5) is 0 Å². The molecule has 0 aromatic rings. The lowest BCUT2D eigenvalue weighted by molar-refractivity contribution is -0.116. The van der Waals surface area contributed by atoms with E-state index in [1.54, 1.807) is 0 Å². The van der Waals surface area contributed by atoms with E-state index < -0.39 is 0 Å². The highest BCUT2D eigenvalue weighted by molar-refractivity contribution is 5.93. The molecule has 0 bridgehead atoms. The van der Waals surface area contributed by atoms with Crippen molar-refractivity contribution in [1.29, 1.82) is 0 Å². The van der Waals surface area contributed by atoms with Gasteiger partial charge in [0.05, 0.1) is 0 Å². The Morgan fingerprint density at radius 3 is 2.60 bits per heavy atom. The number of hydrogen-bond donors (Lipinski definition) is 0. The average molecular weight is 206 g/mol. The van der Waals surface area contributed by atoms with Gasteiger partial charge in [-0.05, 0) is 37.7 Å². The highest BCUT2D eigenvalue weighted by Gasteiger charge is 2.40. The monoisotopic (exact) mass is 206 g/mol. The van der Waals surface area contributed by atoms with Crippen LogP contribution in [0.2, 0.25) is 0 Å². The lowest BCUT2D eigenvalue weighted by Crippen LogP contribution is -1.97. The Morgan fingerprint density at radius 2 is 1.73 bits per heavy atom. The maximum absolute atomic E-state index is 11.7. The molecular weight excluding hydrogens is 184 g/mol. The predicted octanol–water partition coefficient (Wildman–Crippen LogP) is 3.88. The van der Waals surface area contributed by atoms with Gasteiger partial charge < -0.3 is 0 Å². The highest BCUT2D eigenvalue weighted by Crippen LogP contribution is 2.43. The van der Waals surface area contributed by atoms with Crippen molar-refractivity contribution in [3.8, 4) is 0 Å². The van der Waals surface area contributed by atoms with Crippen LogP contribution in [0.15, 0.2) is 12.2 Å². The minimum atomic E-state index is 0.402. The number of carbonyl (C=O) groups excluding carboxylic acids is 1. The molecule has 2 aliphatic rings. The molecule has 1 nitrogen and oxygen atoms in total. The quantitative estimate of drug-likeness (QED) is 0.588. The van der Waals surface area contributed by atoms with E-state index in [1.807, 2.05) is 6.08 Å². The van der Waals surface area contributed by atoms with Crippen LogP contribution in [0.3, 0.4) is 0 Å². The Hall–Kier alpha value is -0.590. The lowest BCUT2D eigenvalue weighted by Gasteiger charge is -2.00. The fourth-order valence-corrected chi connectivity index (χ4v) is 2.61. The van der Waals surface area contributed by atoms with Gasteiger partial charge >= 0.3 is 0 Å². The fourth-order valence-electron chi connectivity index (χ4n) is 2.61. The van der Waals surface area contributed by atoms with Gasteiger partial charge in [0.2, 0.25) is 0 Å². The molecule has 84 valence electrons. The van der Waals surface area contributed by atoms with Crippen molar-refractivity contribution < 1.29 is 4.79 Å². The van der Waals surface area contributed by atoms with Gasteiger partial charge in [0, 0.05) is 5.92 Å². The second-order valence-electron chi connectivity index (χ2n) is 5.11. The van der Waals surface area contributed by atoms with Crippen molar-refractivity contribution in [2.45, 2.75) is 57.8 Å². The van der Waals surface area contributed by atoms with Gasteiger partial charge in [0.15, 0.2) is 5.78 Å². The van der Waals surface area contributed by atoms with E-state index in [9.17, 15) is 4.79 Å². The first-order chi connectivity index (χ1) is 7.38. The van der Waals surface area contributed by atoms with Gasteiger partial charge in [-0.15, -0.1) is 0 Å². The molecule has 15 heavy (non-hydrogen) atoms. The number of rotatable bonds is 0. The van der Waals surface area contributed by atoms with Crippen molar-refractivity contribution >= 4 is 5.78 Å². The van der Waals surface area contributed by atoms with Gasteiger partial charge in [0.1, 0.15) is 0 Å². The molecule has 0 saturated heterocycles. The van der Waals surface area contributed by atoms with Gasteiger partial charge in [-0.25, -0.2) is 0 Å². The summed E-state index contributed by atoms with van der Waals surface area (Å²) < 4.78 is 0. The summed E-state index contributed by atoms with van der Waals surface area (Å²) in [6.07, 6.45) is 15.6. The van der Waals surface area contributed by atoms with E-state index in [1.165, 1.54) is 51.4 Å². The van der Waals surface area contributed by atoms with Gasteiger partial charge in [-0.2, -0.15) is 0 Å². The zero-order chi connectivity index (χ0) is 10.5. The standard InChI is InChI=1S/C14H22O/c15-14-10-8-6-4-2-1-3-5-7-9-12-11-13(12)14/h8,10,12-13H,1-7,9,11H2/b10-8-/t12-,13+/m0/s1. The number of ketones is 1. The molecule has 2 rings (SSSR count). The second kappa shape index (κ2) is 5.48. The molecule has 2 atom stereocenters. The van der Waals surface area contributed by atoms with E-state index in [-0.39, 0.29) is 0 Å². The molecular formula is C14H22O. The van der Waals surface area contributed by atoms with Crippen molar-refractivity contribution in [1.82, 2.24) is 0 Å². The summed E-state index contributed by atoms with van der Waals surface area (Å²) in [4.78, 5) is 11.7. The Labute approximate surface area is 92.9 Å². The molecule has 2 aliphatic carbocycles. The molecule has 1 fully saturated rings. The molecule has 0 aromatic carbocycles. The first-order valence-electron chi connectivity index (χ1n) is 6.58. The van der Waals surface area contributed by atoms with E-state index in [0.717, 1.165) is 12.3 Å². The largest absolute Gasteiger partial charge is 0.295 e. The van der Waals surface area contributed by atoms with E-state index in [0.29, 0.717) is 11.7 Å². The van der Waals surface area contributed by atoms with Crippen molar-refractivity contribution in [2.24, 2.45) is 11.8 Å². The Bertz CT molecular complexity index is 242. The van der Waals surface area contributed by atoms with Crippen LogP contribution in [-0.2, 0) is 4.79 Å². The van der Waals surface area contributed by atoms with Crippen LogP contribution >= 0.6 is 0 Å². The Kier molecular flexibility index (Phi) is 3.99. The second-order valence-corrected chi connectivity index (χ2v) is 5.11. The summed E-state index contributed by atoms with van der Waals surface area (Å²) in [5, 5.41) is 0. The third-order valence-electron chi connectivity index (χ3n) is 3.77. The molecule has 0 radical (unpaired) electrons. The smallest absolute Gasteiger partial charge is 0.158 e. The molecule has 0 aliphatic heterocycles. The summed E-state index contributed by atoms with van der Waals surface area (Å²) in [7, 11) is 0. The molecule has 1 heteroatoms. The van der Waals surface area contributed by atoms with Gasteiger partial charge in [0.25, 0.3) is 0 Å². The highest BCUT2D eigenvalue weighted by atomic mass is 16.1. The van der Waals surface area contributed by atoms with E-state index >= 15 is 0 Å². The van der Waals surface area contributed by atoms with Crippen LogP contribution < -0.4 is 0 Å². The zero-order valence-corrected chi connectivity index (χ0v) is 9.58. The first-order valence-corrected chi connectivity index (χ1v) is 6.58. The Morgan fingerprint density at radius 1 is 1.00 bits per heavy atom. The first kappa shape index (κ1) is 10.9. The summed E-state index contributed by atoms with van der Waals surface area (Å²) in [6, 6.07) is 0. The van der Waals surface area contributed by atoms with Gasteiger partial charge in [-0.1, -0.05) is 38.2 Å². The van der Waals surface area contributed by atoms with E-state index in [2.05, 4.69) is 6.08 Å². The fraction of sp³-hybridized carbons (Fsp3) is 0.786. The summed E-state index contributed by atoms with van der Waals surface area (Å²) >= 11 is 0. The Balaban J connectivity index is 1.82. The third-order valence-corrected chi connectivity index (χ3v) is 3.77. The SMILES string of the molecule is O=C1/C=C\CCCCCCCC[C@H]2C[C@@H]12. The third kappa shape index (κ3) is 3.48. The molecule has 0 amide bonds. The maximum Gasteiger partial charge on any atom is 0.158 e. The summed E-state index contributed by atoms with van der Waals surface area (Å²) in [5.74, 6) is 1.55. The number of hydrogen-bond acceptors (Lipinski definition) is 1. The zero-order valence-electron chi connectivity index (χ0n) is 9.58. The molecule has 0 heterocycles. The number of carbonyl (C=O) groups is 1.